The fourth-order valence-corrected chi connectivity index (χ4v) is 3.66. The number of hydrogen-bond acceptors (Lipinski definition) is 5. The van der Waals surface area contributed by atoms with E-state index < -0.39 is 10.0 Å². The first-order chi connectivity index (χ1) is 10.1. The van der Waals surface area contributed by atoms with Gasteiger partial charge in [0.2, 0.25) is 10.0 Å². The topological polar surface area (TPSA) is 78.9 Å². The van der Waals surface area contributed by atoms with Crippen LogP contribution in [0.5, 0.6) is 0 Å². The summed E-state index contributed by atoms with van der Waals surface area (Å²) >= 11 is 0. The Morgan fingerprint density at radius 2 is 2.19 bits per heavy atom. The Morgan fingerprint density at radius 1 is 1.43 bits per heavy atom. The van der Waals surface area contributed by atoms with Crippen LogP contribution in [0.1, 0.15) is 12.0 Å². The Bertz CT molecular complexity index is 556. The van der Waals surface area contributed by atoms with E-state index in [1.807, 2.05) is 12.1 Å². The number of aliphatic hydroxyl groups is 1. The molecular formula is C14H22N2O4S. The normalized spacial score (nSPS) is 19.3. The average Bonchev–Trinajstić information content (AvgIpc) is 2.99. The van der Waals surface area contributed by atoms with Crippen LogP contribution in [0.25, 0.3) is 0 Å². The lowest BCUT2D eigenvalue weighted by Gasteiger charge is -2.19. The maximum atomic E-state index is 12.5. The van der Waals surface area contributed by atoms with Crippen molar-refractivity contribution in [3.8, 4) is 0 Å². The molecule has 0 spiro atoms. The van der Waals surface area contributed by atoms with E-state index >= 15 is 0 Å². The van der Waals surface area contributed by atoms with Gasteiger partial charge in [-0.1, -0.05) is 18.2 Å². The summed E-state index contributed by atoms with van der Waals surface area (Å²) in [6.45, 7) is 1.78. The fraction of sp³-hybridized carbons (Fsp3) is 0.571. The van der Waals surface area contributed by atoms with E-state index in [2.05, 4.69) is 5.32 Å². The Labute approximate surface area is 125 Å². The van der Waals surface area contributed by atoms with Crippen LogP contribution in [0.4, 0.5) is 0 Å². The number of likely N-dealkylation sites (N-methyl/N-ethyl adjacent to an activating group) is 1. The molecule has 1 atom stereocenters. The van der Waals surface area contributed by atoms with Crippen molar-refractivity contribution in [1.29, 1.82) is 0 Å². The number of sulfonamides is 1. The molecule has 1 heterocycles. The van der Waals surface area contributed by atoms with Gasteiger partial charge in [-0.2, -0.15) is 4.31 Å². The quantitative estimate of drug-likeness (QED) is 0.750. The van der Waals surface area contributed by atoms with Gasteiger partial charge in [-0.05, 0) is 18.1 Å². The molecule has 1 aromatic rings. The van der Waals surface area contributed by atoms with Crippen molar-refractivity contribution in [2.45, 2.75) is 23.9 Å². The summed E-state index contributed by atoms with van der Waals surface area (Å²) in [7, 11) is -2.10. The average molecular weight is 314 g/mol. The molecule has 2 rings (SSSR count). The summed E-state index contributed by atoms with van der Waals surface area (Å²) < 4.78 is 31.5. The van der Waals surface area contributed by atoms with Gasteiger partial charge in [-0.15, -0.1) is 0 Å². The van der Waals surface area contributed by atoms with Gasteiger partial charge in [0.05, 0.1) is 18.1 Å². The van der Waals surface area contributed by atoms with E-state index in [4.69, 9.17) is 9.84 Å². The van der Waals surface area contributed by atoms with Crippen LogP contribution in [0.15, 0.2) is 29.2 Å². The van der Waals surface area contributed by atoms with Gasteiger partial charge < -0.3 is 15.2 Å². The highest BCUT2D eigenvalue weighted by Crippen LogP contribution is 2.19. The number of ether oxygens (including phenoxy) is 1. The minimum Gasteiger partial charge on any atom is -0.395 e. The maximum Gasteiger partial charge on any atom is 0.243 e. The van der Waals surface area contributed by atoms with Gasteiger partial charge in [0, 0.05) is 32.8 Å². The molecule has 1 saturated heterocycles. The van der Waals surface area contributed by atoms with Gasteiger partial charge in [-0.3, -0.25) is 0 Å². The zero-order valence-corrected chi connectivity index (χ0v) is 13.0. The van der Waals surface area contributed by atoms with E-state index in [0.29, 0.717) is 13.2 Å². The van der Waals surface area contributed by atoms with Crippen molar-refractivity contribution < 1.29 is 18.3 Å². The Kier molecular flexibility index (Phi) is 5.72. The van der Waals surface area contributed by atoms with Crippen molar-refractivity contribution >= 4 is 10.0 Å². The third-order valence-corrected chi connectivity index (χ3v) is 5.54. The molecule has 6 nitrogen and oxygen atoms in total. The van der Waals surface area contributed by atoms with E-state index in [0.717, 1.165) is 18.6 Å². The van der Waals surface area contributed by atoms with Crippen LogP contribution in [-0.4, -0.2) is 57.3 Å². The van der Waals surface area contributed by atoms with Gasteiger partial charge in [0.15, 0.2) is 0 Å². The molecule has 0 aromatic heterocycles. The lowest BCUT2D eigenvalue weighted by Crippen LogP contribution is -2.32. The molecule has 1 aromatic carbocycles. The number of nitrogens with zero attached hydrogens (tertiary/aromatic N) is 1. The molecule has 1 aliphatic heterocycles. The molecule has 2 N–H and O–H groups in total. The predicted molar refractivity (Wildman–Crippen MR) is 79.4 cm³/mol. The summed E-state index contributed by atoms with van der Waals surface area (Å²) in [5.74, 6) is 0. The van der Waals surface area contributed by atoms with Crippen molar-refractivity contribution in [2.24, 2.45) is 0 Å². The second-order valence-corrected chi connectivity index (χ2v) is 7.11. The van der Waals surface area contributed by atoms with E-state index in [9.17, 15) is 8.42 Å². The van der Waals surface area contributed by atoms with Gasteiger partial charge in [0.25, 0.3) is 0 Å². The zero-order valence-electron chi connectivity index (χ0n) is 12.2. The number of nitrogens with one attached hydrogen (secondary N) is 1. The summed E-state index contributed by atoms with van der Waals surface area (Å²) in [6, 6.07) is 7.22. The smallest absolute Gasteiger partial charge is 0.243 e. The highest BCUT2D eigenvalue weighted by atomic mass is 32.2. The third-order valence-electron chi connectivity index (χ3n) is 3.59. The van der Waals surface area contributed by atoms with Crippen molar-refractivity contribution in [1.82, 2.24) is 9.62 Å². The van der Waals surface area contributed by atoms with Gasteiger partial charge in [-0.25, -0.2) is 8.42 Å². The summed E-state index contributed by atoms with van der Waals surface area (Å²) in [5, 5.41) is 12.3. The second kappa shape index (κ2) is 7.33. The van der Waals surface area contributed by atoms with Crippen LogP contribution in [0.2, 0.25) is 0 Å². The molecule has 0 radical (unpaired) electrons. The first-order valence-corrected chi connectivity index (χ1v) is 8.46. The van der Waals surface area contributed by atoms with Crippen molar-refractivity contribution in [3.63, 3.8) is 0 Å². The highest BCUT2D eigenvalue weighted by molar-refractivity contribution is 7.89. The van der Waals surface area contributed by atoms with Crippen LogP contribution in [0.3, 0.4) is 0 Å². The molecule has 1 fully saturated rings. The molecule has 1 unspecified atom stereocenters. The number of hydrogen-bond donors (Lipinski definition) is 2. The SMILES string of the molecule is CN(CCO)S(=O)(=O)c1ccccc1CNC1CCOC1. The number of rotatable bonds is 7. The molecular weight excluding hydrogens is 292 g/mol. The Balaban J connectivity index is 2.15. The molecule has 1 aliphatic rings. The minimum atomic E-state index is -3.58. The first kappa shape index (κ1) is 16.4. The first-order valence-electron chi connectivity index (χ1n) is 7.02. The molecule has 0 aliphatic carbocycles. The zero-order chi connectivity index (χ0) is 15.3. The predicted octanol–water partition coefficient (Wildman–Crippen LogP) is 0.178. The third kappa shape index (κ3) is 4.02. The summed E-state index contributed by atoms with van der Waals surface area (Å²) in [4.78, 5) is 0.285. The van der Waals surface area contributed by atoms with Crippen LogP contribution >= 0.6 is 0 Å². The van der Waals surface area contributed by atoms with E-state index in [-0.39, 0.29) is 24.1 Å². The Morgan fingerprint density at radius 3 is 2.86 bits per heavy atom. The second-order valence-electron chi connectivity index (χ2n) is 5.10. The summed E-state index contributed by atoms with van der Waals surface area (Å²) in [5.41, 5.74) is 0.731. The van der Waals surface area contributed by atoms with Gasteiger partial charge in [0.1, 0.15) is 0 Å². The van der Waals surface area contributed by atoms with Gasteiger partial charge >= 0.3 is 0 Å². The Hall–Kier alpha value is -0.990. The molecule has 118 valence electrons. The van der Waals surface area contributed by atoms with Crippen LogP contribution < -0.4 is 5.32 Å². The summed E-state index contributed by atoms with van der Waals surface area (Å²) in [6.07, 6.45) is 0.944. The van der Waals surface area contributed by atoms with Crippen molar-refractivity contribution in [3.05, 3.63) is 29.8 Å². The minimum absolute atomic E-state index is 0.0839. The highest BCUT2D eigenvalue weighted by Gasteiger charge is 2.23. The number of aliphatic hydroxyl groups excluding tert-OH is 1. The molecule has 0 amide bonds. The van der Waals surface area contributed by atoms with Crippen molar-refractivity contribution in [2.75, 3.05) is 33.4 Å². The number of benzene rings is 1. The molecule has 7 heteroatoms. The lowest BCUT2D eigenvalue weighted by atomic mass is 10.2. The van der Waals surface area contributed by atoms with Crippen LogP contribution in [-0.2, 0) is 21.3 Å². The largest absolute Gasteiger partial charge is 0.395 e. The standard InChI is InChI=1S/C14H22N2O4S/c1-16(7-8-17)21(18,19)14-5-3-2-4-12(14)10-15-13-6-9-20-11-13/h2-5,13,15,17H,6-11H2,1H3. The molecule has 0 bridgehead atoms. The molecule has 0 saturated carbocycles. The molecule has 21 heavy (non-hydrogen) atoms. The monoisotopic (exact) mass is 314 g/mol. The lowest BCUT2D eigenvalue weighted by molar-refractivity contribution is 0.190. The fourth-order valence-electron chi connectivity index (χ4n) is 2.28. The van der Waals surface area contributed by atoms with Crippen LogP contribution in [0, 0.1) is 0 Å². The maximum absolute atomic E-state index is 12.5. The van der Waals surface area contributed by atoms with E-state index in [1.165, 1.54) is 11.4 Å². The van der Waals surface area contributed by atoms with E-state index in [1.54, 1.807) is 12.1 Å².